The van der Waals surface area contributed by atoms with E-state index in [1.54, 1.807) is 42.4 Å². The lowest BCUT2D eigenvalue weighted by atomic mass is 10.1. The minimum Gasteiger partial charge on any atom is -0.383 e. The predicted octanol–water partition coefficient (Wildman–Crippen LogP) is 3.98. The van der Waals surface area contributed by atoms with Gasteiger partial charge in [-0.15, -0.1) is 0 Å². The molecule has 0 spiro atoms. The normalized spacial score (nSPS) is 15.1. The van der Waals surface area contributed by atoms with E-state index in [1.165, 1.54) is 0 Å². The number of benzene rings is 1. The van der Waals surface area contributed by atoms with E-state index in [0.717, 1.165) is 29.1 Å². The molecular weight excluding hydrogens is 392 g/mol. The van der Waals surface area contributed by atoms with Crippen molar-refractivity contribution in [2.45, 2.75) is 39.7 Å². The van der Waals surface area contributed by atoms with Crippen LogP contribution < -0.4 is 10.2 Å². The van der Waals surface area contributed by atoms with E-state index in [2.05, 4.69) is 16.8 Å². The molecule has 1 N–H and O–H groups in total. The molecule has 2 amide bonds. The Kier molecular flexibility index (Phi) is 6.93. The third-order valence-corrected chi connectivity index (χ3v) is 5.55. The maximum absolute atomic E-state index is 12.7. The van der Waals surface area contributed by atoms with Gasteiger partial charge < -0.3 is 19.5 Å². The van der Waals surface area contributed by atoms with E-state index in [0.29, 0.717) is 25.3 Å². The Balaban J connectivity index is 1.76. The Bertz CT molecular complexity index is 1040. The van der Waals surface area contributed by atoms with Crippen LogP contribution in [0.1, 0.15) is 42.8 Å². The van der Waals surface area contributed by atoms with E-state index in [4.69, 9.17) is 4.74 Å². The number of rotatable bonds is 7. The maximum atomic E-state index is 12.7. The van der Waals surface area contributed by atoms with Crippen LogP contribution in [-0.4, -0.2) is 36.6 Å². The van der Waals surface area contributed by atoms with Crippen LogP contribution >= 0.6 is 0 Å². The lowest BCUT2D eigenvalue weighted by molar-refractivity contribution is -0.117. The van der Waals surface area contributed by atoms with Crippen LogP contribution in [0, 0.1) is 25.2 Å². The number of hydrogen-bond acceptors (Lipinski definition) is 4. The largest absolute Gasteiger partial charge is 0.383 e. The highest BCUT2D eigenvalue weighted by Crippen LogP contribution is 2.25. The zero-order valence-electron chi connectivity index (χ0n) is 18.4. The van der Waals surface area contributed by atoms with Gasteiger partial charge in [0, 0.05) is 42.8 Å². The van der Waals surface area contributed by atoms with Gasteiger partial charge in [0.25, 0.3) is 5.91 Å². The second-order valence-corrected chi connectivity index (χ2v) is 7.82. The highest BCUT2D eigenvalue weighted by Gasteiger charge is 2.21. The number of anilines is 2. The number of hydrogen-bond donors (Lipinski definition) is 1. The van der Waals surface area contributed by atoms with Crippen molar-refractivity contribution in [2.75, 3.05) is 30.5 Å². The Hall–Kier alpha value is -3.37. The number of amides is 2. The van der Waals surface area contributed by atoms with Gasteiger partial charge in [0.1, 0.15) is 11.6 Å². The fourth-order valence-electron chi connectivity index (χ4n) is 4.09. The molecule has 0 saturated carbocycles. The van der Waals surface area contributed by atoms with Gasteiger partial charge >= 0.3 is 0 Å². The summed E-state index contributed by atoms with van der Waals surface area (Å²) < 4.78 is 7.40. The minimum atomic E-state index is -0.470. The monoisotopic (exact) mass is 420 g/mol. The predicted molar refractivity (Wildman–Crippen MR) is 121 cm³/mol. The first-order valence-electron chi connectivity index (χ1n) is 10.4. The molecule has 2 heterocycles. The molecule has 2 aromatic rings. The Morgan fingerprint density at radius 3 is 2.61 bits per heavy atom. The third kappa shape index (κ3) is 4.86. The molecule has 1 atom stereocenters. The molecule has 7 heteroatoms. The molecule has 3 rings (SSSR count). The first-order chi connectivity index (χ1) is 14.8. The molecule has 1 saturated heterocycles. The summed E-state index contributed by atoms with van der Waals surface area (Å²) in [6, 6.07) is 11.2. The summed E-state index contributed by atoms with van der Waals surface area (Å²) in [4.78, 5) is 26.3. The molecule has 0 aliphatic carbocycles. The van der Waals surface area contributed by atoms with Crippen molar-refractivity contribution in [3.8, 4) is 6.07 Å². The zero-order valence-corrected chi connectivity index (χ0v) is 18.4. The molecule has 1 aromatic heterocycles. The van der Waals surface area contributed by atoms with E-state index < -0.39 is 5.91 Å². The average Bonchev–Trinajstić information content (AvgIpc) is 3.29. The molecule has 7 nitrogen and oxygen atoms in total. The van der Waals surface area contributed by atoms with Crippen LogP contribution in [-0.2, 0) is 14.3 Å². The molecule has 1 fully saturated rings. The average molecular weight is 421 g/mol. The summed E-state index contributed by atoms with van der Waals surface area (Å²) in [5.41, 5.74) is 4.25. The fourth-order valence-corrected chi connectivity index (χ4v) is 4.09. The van der Waals surface area contributed by atoms with Gasteiger partial charge in [0.15, 0.2) is 0 Å². The lowest BCUT2D eigenvalue weighted by Gasteiger charge is -2.17. The van der Waals surface area contributed by atoms with Gasteiger partial charge in [-0.25, -0.2) is 0 Å². The van der Waals surface area contributed by atoms with Gasteiger partial charge in [-0.2, -0.15) is 5.26 Å². The van der Waals surface area contributed by atoms with Crippen molar-refractivity contribution in [3.05, 3.63) is 52.9 Å². The maximum Gasteiger partial charge on any atom is 0.266 e. The van der Waals surface area contributed by atoms with E-state index in [1.807, 2.05) is 26.0 Å². The highest BCUT2D eigenvalue weighted by molar-refractivity contribution is 6.09. The summed E-state index contributed by atoms with van der Waals surface area (Å²) in [7, 11) is 1.67. The Morgan fingerprint density at radius 1 is 1.32 bits per heavy atom. The topological polar surface area (TPSA) is 87.4 Å². The molecule has 31 heavy (non-hydrogen) atoms. The summed E-state index contributed by atoms with van der Waals surface area (Å²) in [5.74, 6) is -0.355. The number of aryl methyl sites for hydroxylation is 1. The standard InChI is InChI=1S/C24H28N4O3/c1-16-12-19(18(3)28(16)17(2)15-31-4)13-20(14-25)24(30)26-21-7-9-22(10-8-21)27-11-5-6-23(27)29/h7-10,12-13,17H,5-6,11,15H2,1-4H3,(H,26,30)/b20-13-. The van der Waals surface area contributed by atoms with E-state index >= 15 is 0 Å². The number of ether oxygens (including phenoxy) is 1. The lowest BCUT2D eigenvalue weighted by Crippen LogP contribution is -2.23. The number of nitrogens with one attached hydrogen (secondary N) is 1. The minimum absolute atomic E-state index is 0.0263. The molecular formula is C24H28N4O3. The van der Waals surface area contributed by atoms with Gasteiger partial charge in [-0.3, -0.25) is 9.59 Å². The number of carbonyl (C=O) groups is 2. The van der Waals surface area contributed by atoms with Crippen LogP contribution in [0.15, 0.2) is 35.9 Å². The summed E-state index contributed by atoms with van der Waals surface area (Å²) in [6.07, 6.45) is 3.04. The van der Waals surface area contributed by atoms with Crippen LogP contribution in [0.25, 0.3) is 6.08 Å². The number of carbonyl (C=O) groups excluding carboxylic acids is 2. The quantitative estimate of drug-likeness (QED) is 0.542. The van der Waals surface area contributed by atoms with Crippen LogP contribution in [0.3, 0.4) is 0 Å². The SMILES string of the molecule is COCC(C)n1c(C)cc(/C=C(/C#N)C(=O)Nc2ccc(N3CCCC3=O)cc2)c1C. The molecule has 1 unspecified atom stereocenters. The van der Waals surface area contributed by atoms with Crippen molar-refractivity contribution in [3.63, 3.8) is 0 Å². The van der Waals surface area contributed by atoms with Crippen LogP contribution in [0.4, 0.5) is 11.4 Å². The van der Waals surface area contributed by atoms with E-state index in [-0.39, 0.29) is 17.5 Å². The van der Waals surface area contributed by atoms with Crippen LogP contribution in [0.2, 0.25) is 0 Å². The molecule has 1 aliphatic heterocycles. The fraction of sp³-hybridized carbons (Fsp3) is 0.375. The smallest absolute Gasteiger partial charge is 0.266 e. The second kappa shape index (κ2) is 9.63. The van der Waals surface area contributed by atoms with Gasteiger partial charge in [0.05, 0.1) is 12.6 Å². The first kappa shape index (κ1) is 22.3. The summed E-state index contributed by atoms with van der Waals surface area (Å²) >= 11 is 0. The first-order valence-corrected chi connectivity index (χ1v) is 10.4. The number of methoxy groups -OCH3 is 1. The second-order valence-electron chi connectivity index (χ2n) is 7.82. The molecule has 0 bridgehead atoms. The van der Waals surface area contributed by atoms with Crippen molar-refractivity contribution in [1.82, 2.24) is 4.57 Å². The molecule has 162 valence electrons. The Morgan fingerprint density at radius 2 is 2.03 bits per heavy atom. The van der Waals surface area contributed by atoms with Gasteiger partial charge in [0.2, 0.25) is 5.91 Å². The van der Waals surface area contributed by atoms with Gasteiger partial charge in [-0.1, -0.05) is 0 Å². The van der Waals surface area contributed by atoms with Crippen molar-refractivity contribution < 1.29 is 14.3 Å². The highest BCUT2D eigenvalue weighted by atomic mass is 16.5. The molecule has 0 radical (unpaired) electrons. The van der Waals surface area contributed by atoms with Crippen LogP contribution in [0.5, 0.6) is 0 Å². The third-order valence-electron chi connectivity index (χ3n) is 5.55. The molecule has 1 aliphatic rings. The van der Waals surface area contributed by atoms with E-state index in [9.17, 15) is 14.9 Å². The number of nitriles is 1. The van der Waals surface area contributed by atoms with Gasteiger partial charge in [-0.05, 0) is 69.2 Å². The van der Waals surface area contributed by atoms with Crippen molar-refractivity contribution in [2.24, 2.45) is 0 Å². The molecule has 1 aromatic carbocycles. The zero-order chi connectivity index (χ0) is 22.5. The number of aromatic nitrogens is 1. The van der Waals surface area contributed by atoms with Crippen molar-refractivity contribution in [1.29, 1.82) is 5.26 Å². The number of nitrogens with zero attached hydrogens (tertiary/aromatic N) is 3. The van der Waals surface area contributed by atoms with Crippen molar-refractivity contribution >= 4 is 29.3 Å². The summed E-state index contributed by atoms with van der Waals surface area (Å²) in [6.45, 7) is 7.32. The Labute approximate surface area is 182 Å². The summed E-state index contributed by atoms with van der Waals surface area (Å²) in [5, 5.41) is 12.3.